The van der Waals surface area contributed by atoms with E-state index in [1.54, 1.807) is 0 Å². The Labute approximate surface area is 109 Å². The molecule has 0 N–H and O–H groups in total. The van der Waals surface area contributed by atoms with Gasteiger partial charge < -0.3 is 9.47 Å². The molecule has 1 spiro atoms. The molecule has 0 radical (unpaired) electrons. The van der Waals surface area contributed by atoms with Crippen molar-refractivity contribution in [3.05, 3.63) is 24.0 Å². The standard InChI is InChI=1S/C15H22O3/c1-3-4-6-9-13-12(2)17-15(18-14(13)16)10-7-5-8-11-15/h3H,1,4-11H2,2H3. The van der Waals surface area contributed by atoms with E-state index in [9.17, 15) is 4.79 Å². The highest BCUT2D eigenvalue weighted by molar-refractivity contribution is 5.89. The highest BCUT2D eigenvalue weighted by Gasteiger charge is 2.42. The topological polar surface area (TPSA) is 35.5 Å². The van der Waals surface area contributed by atoms with Gasteiger partial charge in [0.1, 0.15) is 5.76 Å². The van der Waals surface area contributed by atoms with Crippen molar-refractivity contribution < 1.29 is 14.3 Å². The first kappa shape index (κ1) is 13.2. The van der Waals surface area contributed by atoms with E-state index < -0.39 is 5.79 Å². The van der Waals surface area contributed by atoms with Crippen molar-refractivity contribution in [2.75, 3.05) is 0 Å². The van der Waals surface area contributed by atoms with Gasteiger partial charge in [-0.15, -0.1) is 6.58 Å². The van der Waals surface area contributed by atoms with Crippen LogP contribution in [0.4, 0.5) is 0 Å². The summed E-state index contributed by atoms with van der Waals surface area (Å²) in [5.74, 6) is -0.0663. The second-order valence-electron chi connectivity index (χ2n) is 5.18. The monoisotopic (exact) mass is 250 g/mol. The van der Waals surface area contributed by atoms with Crippen molar-refractivity contribution in [2.24, 2.45) is 0 Å². The lowest BCUT2D eigenvalue weighted by Gasteiger charge is -2.40. The molecule has 0 aromatic heterocycles. The van der Waals surface area contributed by atoms with Gasteiger partial charge >= 0.3 is 5.97 Å². The smallest absolute Gasteiger partial charge is 0.340 e. The molecule has 2 aliphatic rings. The molecule has 1 aliphatic heterocycles. The Balaban J connectivity index is 2.05. The van der Waals surface area contributed by atoms with Crippen LogP contribution in [0, 0.1) is 0 Å². The fraction of sp³-hybridized carbons (Fsp3) is 0.667. The maximum Gasteiger partial charge on any atom is 0.340 e. The first-order valence-electron chi connectivity index (χ1n) is 6.90. The van der Waals surface area contributed by atoms with E-state index in [1.165, 1.54) is 6.42 Å². The Morgan fingerprint density at radius 1 is 1.28 bits per heavy atom. The van der Waals surface area contributed by atoms with Crippen LogP contribution in [-0.4, -0.2) is 11.8 Å². The average Bonchev–Trinajstić information content (AvgIpc) is 2.34. The van der Waals surface area contributed by atoms with Gasteiger partial charge in [-0.1, -0.05) is 12.5 Å². The molecule has 1 saturated carbocycles. The summed E-state index contributed by atoms with van der Waals surface area (Å²) in [6.45, 7) is 5.58. The van der Waals surface area contributed by atoms with Crippen molar-refractivity contribution in [3.63, 3.8) is 0 Å². The summed E-state index contributed by atoms with van der Waals surface area (Å²) in [7, 11) is 0. The molecular formula is C15H22O3. The molecule has 0 aromatic carbocycles. The third kappa shape index (κ3) is 2.77. The molecular weight excluding hydrogens is 228 g/mol. The van der Waals surface area contributed by atoms with Crippen molar-refractivity contribution in [3.8, 4) is 0 Å². The Hall–Kier alpha value is -1.25. The summed E-state index contributed by atoms with van der Waals surface area (Å²) >= 11 is 0. The van der Waals surface area contributed by atoms with Gasteiger partial charge in [-0.3, -0.25) is 0 Å². The first-order chi connectivity index (χ1) is 8.67. The molecule has 0 saturated heterocycles. The number of esters is 1. The second kappa shape index (κ2) is 5.59. The maximum absolute atomic E-state index is 12.1. The summed E-state index contributed by atoms with van der Waals surface area (Å²) < 4.78 is 11.5. The molecule has 0 aromatic rings. The molecule has 0 atom stereocenters. The van der Waals surface area contributed by atoms with Crippen molar-refractivity contribution in [1.82, 2.24) is 0 Å². The van der Waals surface area contributed by atoms with E-state index in [4.69, 9.17) is 9.47 Å². The van der Waals surface area contributed by atoms with Crippen LogP contribution in [-0.2, 0) is 14.3 Å². The van der Waals surface area contributed by atoms with Crippen LogP contribution < -0.4 is 0 Å². The van der Waals surface area contributed by atoms with Crippen LogP contribution in [0.2, 0.25) is 0 Å². The van der Waals surface area contributed by atoms with Crippen LogP contribution in [0.15, 0.2) is 24.0 Å². The predicted molar refractivity (Wildman–Crippen MR) is 69.7 cm³/mol. The molecule has 1 heterocycles. The van der Waals surface area contributed by atoms with E-state index in [0.717, 1.165) is 44.3 Å². The van der Waals surface area contributed by atoms with Gasteiger partial charge in [0.15, 0.2) is 0 Å². The summed E-state index contributed by atoms with van der Waals surface area (Å²) in [6.07, 6.45) is 9.43. The number of unbranched alkanes of at least 4 members (excludes halogenated alkanes) is 1. The fourth-order valence-corrected chi connectivity index (χ4v) is 2.73. The third-order valence-corrected chi connectivity index (χ3v) is 3.74. The molecule has 0 amide bonds. The molecule has 3 nitrogen and oxygen atoms in total. The highest BCUT2D eigenvalue weighted by atomic mass is 16.7. The minimum Gasteiger partial charge on any atom is -0.456 e. The Morgan fingerprint density at radius 3 is 2.61 bits per heavy atom. The molecule has 1 fully saturated rings. The Morgan fingerprint density at radius 2 is 2.00 bits per heavy atom. The number of rotatable bonds is 4. The SMILES string of the molecule is C=CCCCC1=C(C)OC2(CCCCC2)OC1=O. The number of allylic oxidation sites excluding steroid dienone is 2. The zero-order valence-corrected chi connectivity index (χ0v) is 11.2. The van der Waals surface area contributed by atoms with E-state index >= 15 is 0 Å². The zero-order valence-electron chi connectivity index (χ0n) is 11.2. The van der Waals surface area contributed by atoms with Gasteiger partial charge in [0, 0.05) is 12.8 Å². The van der Waals surface area contributed by atoms with Gasteiger partial charge in [0.25, 0.3) is 5.79 Å². The molecule has 0 bridgehead atoms. The predicted octanol–water partition coefficient (Wildman–Crippen LogP) is 3.85. The van der Waals surface area contributed by atoms with Crippen LogP contribution >= 0.6 is 0 Å². The lowest BCUT2D eigenvalue weighted by Crippen LogP contribution is -2.43. The van der Waals surface area contributed by atoms with Gasteiger partial charge in [0.2, 0.25) is 0 Å². The molecule has 100 valence electrons. The molecule has 3 heteroatoms. The molecule has 18 heavy (non-hydrogen) atoms. The van der Waals surface area contributed by atoms with E-state index in [-0.39, 0.29) is 5.97 Å². The van der Waals surface area contributed by atoms with Crippen LogP contribution in [0.3, 0.4) is 0 Å². The lowest BCUT2D eigenvalue weighted by atomic mass is 9.92. The first-order valence-corrected chi connectivity index (χ1v) is 6.90. The number of hydrogen-bond acceptors (Lipinski definition) is 3. The zero-order chi connectivity index (χ0) is 13.0. The highest BCUT2D eigenvalue weighted by Crippen LogP contribution is 2.39. The minimum atomic E-state index is -0.651. The number of carbonyl (C=O) groups is 1. The van der Waals surface area contributed by atoms with E-state index in [0.29, 0.717) is 12.0 Å². The van der Waals surface area contributed by atoms with Crippen LogP contribution in [0.5, 0.6) is 0 Å². The van der Waals surface area contributed by atoms with Crippen molar-refractivity contribution in [1.29, 1.82) is 0 Å². The van der Waals surface area contributed by atoms with E-state index in [2.05, 4.69) is 6.58 Å². The number of carbonyl (C=O) groups excluding carboxylic acids is 1. The normalized spacial score (nSPS) is 22.6. The maximum atomic E-state index is 12.1. The Kier molecular flexibility index (Phi) is 4.10. The van der Waals surface area contributed by atoms with Crippen LogP contribution in [0.25, 0.3) is 0 Å². The second-order valence-corrected chi connectivity index (χ2v) is 5.18. The summed E-state index contributed by atoms with van der Waals surface area (Å²) in [5, 5.41) is 0. The van der Waals surface area contributed by atoms with Crippen LogP contribution in [0.1, 0.15) is 58.3 Å². The van der Waals surface area contributed by atoms with Gasteiger partial charge in [0.05, 0.1) is 5.57 Å². The van der Waals surface area contributed by atoms with E-state index in [1.807, 2.05) is 13.0 Å². The van der Waals surface area contributed by atoms with Crippen molar-refractivity contribution in [2.45, 2.75) is 64.1 Å². The largest absolute Gasteiger partial charge is 0.456 e. The molecule has 2 rings (SSSR count). The minimum absolute atomic E-state index is 0.176. The number of hydrogen-bond donors (Lipinski definition) is 0. The lowest BCUT2D eigenvalue weighted by molar-refractivity contribution is -0.234. The van der Waals surface area contributed by atoms with Gasteiger partial charge in [-0.05, 0) is 39.0 Å². The average molecular weight is 250 g/mol. The quantitative estimate of drug-likeness (QED) is 0.432. The summed E-state index contributed by atoms with van der Waals surface area (Å²) in [5.41, 5.74) is 0.702. The summed E-state index contributed by atoms with van der Waals surface area (Å²) in [4.78, 5) is 12.1. The number of ether oxygens (including phenoxy) is 2. The Bertz CT molecular complexity index is 362. The van der Waals surface area contributed by atoms with Gasteiger partial charge in [-0.2, -0.15) is 0 Å². The van der Waals surface area contributed by atoms with Crippen molar-refractivity contribution >= 4 is 5.97 Å². The fourth-order valence-electron chi connectivity index (χ4n) is 2.73. The molecule has 1 aliphatic carbocycles. The van der Waals surface area contributed by atoms with Gasteiger partial charge in [-0.25, -0.2) is 4.79 Å². The third-order valence-electron chi connectivity index (χ3n) is 3.74. The molecule has 0 unspecified atom stereocenters. The summed E-state index contributed by atoms with van der Waals surface area (Å²) in [6, 6.07) is 0.